The first-order valence-electron chi connectivity index (χ1n) is 8.46. The summed E-state index contributed by atoms with van der Waals surface area (Å²) < 4.78 is 0. The number of hydrogen-bond donors (Lipinski definition) is 1. The molecule has 0 saturated heterocycles. The van der Waals surface area contributed by atoms with Gasteiger partial charge in [0.15, 0.2) is 0 Å². The highest BCUT2D eigenvalue weighted by atomic mass is 35.5. The molecular weight excluding hydrogens is 365 g/mol. The summed E-state index contributed by atoms with van der Waals surface area (Å²) in [6, 6.07) is 25.0. The summed E-state index contributed by atoms with van der Waals surface area (Å²) in [6.07, 6.45) is 0.651. The zero-order valence-electron chi connectivity index (χ0n) is 14.2. The van der Waals surface area contributed by atoms with Gasteiger partial charge >= 0.3 is 0 Å². The minimum atomic E-state index is -0.335. The Morgan fingerprint density at radius 2 is 1.42 bits per heavy atom. The fourth-order valence-electron chi connectivity index (χ4n) is 2.93. The van der Waals surface area contributed by atoms with Crippen LogP contribution >= 0.6 is 23.2 Å². The van der Waals surface area contributed by atoms with Crippen molar-refractivity contribution in [1.82, 2.24) is 5.32 Å². The van der Waals surface area contributed by atoms with Crippen LogP contribution in [0.2, 0.25) is 10.0 Å². The molecule has 3 rings (SSSR count). The van der Waals surface area contributed by atoms with Crippen LogP contribution in [0, 0.1) is 0 Å². The number of carbonyl (C=O) groups is 1. The molecule has 4 heteroatoms. The lowest BCUT2D eigenvalue weighted by molar-refractivity contribution is -0.121. The normalized spacial score (nSPS) is 10.7. The Morgan fingerprint density at radius 1 is 0.846 bits per heavy atom. The summed E-state index contributed by atoms with van der Waals surface area (Å²) >= 11 is 12.1. The van der Waals surface area contributed by atoms with Crippen molar-refractivity contribution in [3.8, 4) is 0 Å². The summed E-state index contributed by atoms with van der Waals surface area (Å²) in [5, 5.41) is 4.27. The molecule has 0 aliphatic heterocycles. The van der Waals surface area contributed by atoms with Gasteiger partial charge in [0.25, 0.3) is 0 Å². The van der Waals surface area contributed by atoms with E-state index in [0.717, 1.165) is 16.7 Å². The fraction of sp³-hybridized carbons (Fsp3) is 0.136. The standard InChI is InChI=1S/C22H19Cl2NO/c23-19-12-11-16(20(24)15-19)13-14-25-22(26)21(17-7-3-1-4-8-17)18-9-5-2-6-10-18/h1-12,15,21H,13-14H2,(H,25,26). The molecule has 3 aromatic carbocycles. The predicted octanol–water partition coefficient (Wildman–Crippen LogP) is 5.48. The van der Waals surface area contributed by atoms with Crippen LogP contribution < -0.4 is 5.32 Å². The number of benzene rings is 3. The third-order valence-corrected chi connectivity index (χ3v) is 4.82. The Bertz CT molecular complexity index is 826. The van der Waals surface area contributed by atoms with Crippen molar-refractivity contribution in [1.29, 1.82) is 0 Å². The summed E-state index contributed by atoms with van der Waals surface area (Å²) in [6.45, 7) is 0.510. The molecular formula is C22H19Cl2NO. The third kappa shape index (κ3) is 4.66. The Hall–Kier alpha value is -2.29. The van der Waals surface area contributed by atoms with E-state index < -0.39 is 0 Å². The van der Waals surface area contributed by atoms with Gasteiger partial charge in [-0.05, 0) is 35.2 Å². The van der Waals surface area contributed by atoms with E-state index in [2.05, 4.69) is 5.32 Å². The number of nitrogens with one attached hydrogen (secondary N) is 1. The molecule has 1 N–H and O–H groups in total. The smallest absolute Gasteiger partial charge is 0.232 e. The Labute approximate surface area is 163 Å². The van der Waals surface area contributed by atoms with E-state index in [1.807, 2.05) is 66.7 Å². The average Bonchev–Trinajstić information content (AvgIpc) is 2.65. The summed E-state index contributed by atoms with van der Waals surface area (Å²) in [5.41, 5.74) is 2.91. The van der Waals surface area contributed by atoms with Crippen LogP contribution in [0.4, 0.5) is 0 Å². The van der Waals surface area contributed by atoms with E-state index in [-0.39, 0.29) is 11.8 Å². The number of carbonyl (C=O) groups excluding carboxylic acids is 1. The van der Waals surface area contributed by atoms with Gasteiger partial charge in [0, 0.05) is 16.6 Å². The van der Waals surface area contributed by atoms with Crippen molar-refractivity contribution in [2.75, 3.05) is 6.54 Å². The number of hydrogen-bond acceptors (Lipinski definition) is 1. The minimum Gasteiger partial charge on any atom is -0.355 e. The summed E-state index contributed by atoms with van der Waals surface area (Å²) in [7, 11) is 0. The van der Waals surface area contributed by atoms with Crippen LogP contribution in [0.3, 0.4) is 0 Å². The molecule has 0 aliphatic carbocycles. The lowest BCUT2D eigenvalue weighted by Gasteiger charge is -2.18. The van der Waals surface area contributed by atoms with Gasteiger partial charge in [-0.25, -0.2) is 0 Å². The van der Waals surface area contributed by atoms with E-state index in [1.54, 1.807) is 12.1 Å². The van der Waals surface area contributed by atoms with Gasteiger partial charge in [-0.2, -0.15) is 0 Å². The topological polar surface area (TPSA) is 29.1 Å². The number of amides is 1. The predicted molar refractivity (Wildman–Crippen MR) is 108 cm³/mol. The van der Waals surface area contributed by atoms with Crippen LogP contribution in [0.5, 0.6) is 0 Å². The second kappa shape index (κ2) is 8.88. The molecule has 0 unspecified atom stereocenters. The van der Waals surface area contributed by atoms with Gasteiger partial charge in [0.1, 0.15) is 0 Å². The maximum absolute atomic E-state index is 12.9. The Balaban J connectivity index is 1.72. The largest absolute Gasteiger partial charge is 0.355 e. The summed E-state index contributed by atoms with van der Waals surface area (Å²) in [4.78, 5) is 12.9. The van der Waals surface area contributed by atoms with Crippen LogP contribution in [-0.4, -0.2) is 12.5 Å². The quantitative estimate of drug-likeness (QED) is 0.599. The lowest BCUT2D eigenvalue weighted by Crippen LogP contribution is -2.31. The minimum absolute atomic E-state index is 0.0208. The van der Waals surface area contributed by atoms with E-state index in [0.29, 0.717) is 23.0 Å². The van der Waals surface area contributed by atoms with E-state index in [9.17, 15) is 4.79 Å². The first kappa shape index (κ1) is 18.5. The average molecular weight is 384 g/mol. The van der Waals surface area contributed by atoms with E-state index in [1.165, 1.54) is 0 Å². The van der Waals surface area contributed by atoms with Crippen molar-refractivity contribution in [3.05, 3.63) is 106 Å². The van der Waals surface area contributed by atoms with Crippen LogP contribution in [0.1, 0.15) is 22.6 Å². The molecule has 0 atom stereocenters. The maximum Gasteiger partial charge on any atom is 0.232 e. The van der Waals surface area contributed by atoms with E-state index in [4.69, 9.17) is 23.2 Å². The van der Waals surface area contributed by atoms with Crippen LogP contribution in [0.15, 0.2) is 78.9 Å². The van der Waals surface area contributed by atoms with Crippen molar-refractivity contribution in [2.24, 2.45) is 0 Å². The number of rotatable bonds is 6. The van der Waals surface area contributed by atoms with Crippen molar-refractivity contribution < 1.29 is 4.79 Å². The Kier molecular flexibility index (Phi) is 6.32. The number of halogens is 2. The molecule has 0 spiro atoms. The highest BCUT2D eigenvalue weighted by Gasteiger charge is 2.22. The Morgan fingerprint density at radius 3 is 1.96 bits per heavy atom. The molecule has 1 amide bonds. The second-order valence-electron chi connectivity index (χ2n) is 6.03. The lowest BCUT2D eigenvalue weighted by atomic mass is 9.90. The van der Waals surface area contributed by atoms with Gasteiger partial charge in [-0.1, -0.05) is 89.9 Å². The molecule has 3 aromatic rings. The second-order valence-corrected chi connectivity index (χ2v) is 6.87. The van der Waals surface area contributed by atoms with E-state index >= 15 is 0 Å². The first-order chi connectivity index (χ1) is 12.6. The summed E-state index contributed by atoms with van der Waals surface area (Å²) in [5.74, 6) is -0.356. The maximum atomic E-state index is 12.9. The molecule has 0 fully saturated rings. The molecule has 0 heterocycles. The van der Waals surface area contributed by atoms with Gasteiger partial charge in [0.05, 0.1) is 5.92 Å². The molecule has 0 aliphatic rings. The van der Waals surface area contributed by atoms with Gasteiger partial charge in [-0.3, -0.25) is 4.79 Å². The molecule has 2 nitrogen and oxygen atoms in total. The van der Waals surface area contributed by atoms with Crippen molar-refractivity contribution in [2.45, 2.75) is 12.3 Å². The van der Waals surface area contributed by atoms with Crippen molar-refractivity contribution in [3.63, 3.8) is 0 Å². The first-order valence-corrected chi connectivity index (χ1v) is 9.22. The monoisotopic (exact) mass is 383 g/mol. The van der Waals surface area contributed by atoms with Crippen molar-refractivity contribution >= 4 is 29.1 Å². The van der Waals surface area contributed by atoms with Crippen LogP contribution in [-0.2, 0) is 11.2 Å². The van der Waals surface area contributed by atoms with Crippen LogP contribution in [0.25, 0.3) is 0 Å². The zero-order chi connectivity index (χ0) is 18.4. The highest BCUT2D eigenvalue weighted by Crippen LogP contribution is 2.25. The zero-order valence-corrected chi connectivity index (χ0v) is 15.7. The molecule has 0 saturated carbocycles. The van der Waals surface area contributed by atoms with Gasteiger partial charge in [0.2, 0.25) is 5.91 Å². The fourth-order valence-corrected chi connectivity index (χ4v) is 3.44. The SMILES string of the molecule is O=C(NCCc1ccc(Cl)cc1Cl)C(c1ccccc1)c1ccccc1. The third-order valence-electron chi connectivity index (χ3n) is 4.24. The molecule has 0 radical (unpaired) electrons. The molecule has 26 heavy (non-hydrogen) atoms. The van der Waals surface area contributed by atoms with Gasteiger partial charge in [-0.15, -0.1) is 0 Å². The highest BCUT2D eigenvalue weighted by molar-refractivity contribution is 6.35. The van der Waals surface area contributed by atoms with Gasteiger partial charge < -0.3 is 5.32 Å². The molecule has 132 valence electrons. The molecule has 0 aromatic heterocycles. The molecule has 0 bridgehead atoms.